The predicted molar refractivity (Wildman–Crippen MR) is 186 cm³/mol. The fraction of sp³-hybridized carbons (Fsp3) is 0.949. The van der Waals surface area contributed by atoms with Crippen LogP contribution in [0.4, 0.5) is 0 Å². The number of rotatable bonds is 33. The second-order valence-electron chi connectivity index (χ2n) is 13.6. The van der Waals surface area contributed by atoms with E-state index < -0.39 is 0 Å². The van der Waals surface area contributed by atoms with Crippen LogP contribution in [0, 0.1) is 0 Å². The lowest BCUT2D eigenvalue weighted by Gasteiger charge is -2.33. The molecule has 0 N–H and O–H groups in total. The van der Waals surface area contributed by atoms with Crippen LogP contribution in [0.5, 0.6) is 0 Å². The molecule has 2 heteroatoms. The molecular formula is C39H78N2. The molecule has 0 aromatic carbocycles. The number of hydrogen-bond acceptors (Lipinski definition) is 2. The fourth-order valence-corrected chi connectivity index (χ4v) is 6.72. The van der Waals surface area contributed by atoms with Gasteiger partial charge in [0.25, 0.3) is 0 Å². The second kappa shape index (κ2) is 30.8. The Morgan fingerprint density at radius 3 is 0.854 bits per heavy atom. The third-order valence-corrected chi connectivity index (χ3v) is 9.57. The summed E-state index contributed by atoms with van der Waals surface area (Å²) >= 11 is 0. The highest BCUT2D eigenvalue weighted by molar-refractivity contribution is 4.97. The maximum absolute atomic E-state index is 2.71. The molecule has 0 fully saturated rings. The quantitative estimate of drug-likeness (QED) is 0.0719. The highest BCUT2D eigenvalue weighted by atomic mass is 15.4. The molecule has 2 nitrogen and oxygen atoms in total. The van der Waals surface area contributed by atoms with Gasteiger partial charge in [-0.2, -0.15) is 0 Å². The topological polar surface area (TPSA) is 6.48 Å². The summed E-state index contributed by atoms with van der Waals surface area (Å²) in [6.07, 6.45) is 49.9. The summed E-state index contributed by atoms with van der Waals surface area (Å²) < 4.78 is 0. The zero-order valence-electron chi connectivity index (χ0n) is 29.0. The van der Waals surface area contributed by atoms with E-state index in [0.29, 0.717) is 6.17 Å². The predicted octanol–water partition coefficient (Wildman–Crippen LogP) is 13.6. The van der Waals surface area contributed by atoms with Gasteiger partial charge in [-0.1, -0.05) is 194 Å². The van der Waals surface area contributed by atoms with Gasteiger partial charge in [0, 0.05) is 25.5 Å². The van der Waals surface area contributed by atoms with E-state index in [1.54, 1.807) is 0 Å². The molecule has 1 aliphatic heterocycles. The van der Waals surface area contributed by atoms with E-state index in [9.17, 15) is 0 Å². The van der Waals surface area contributed by atoms with Crippen molar-refractivity contribution in [3.05, 3.63) is 12.4 Å². The van der Waals surface area contributed by atoms with Crippen LogP contribution < -0.4 is 0 Å². The molecule has 0 aromatic heterocycles. The van der Waals surface area contributed by atoms with Crippen LogP contribution in [0.1, 0.15) is 220 Å². The number of unbranched alkanes of at least 4 members (excludes halogenated alkanes) is 27. The van der Waals surface area contributed by atoms with E-state index in [1.165, 1.54) is 212 Å². The first-order valence-corrected chi connectivity index (χ1v) is 19.5. The van der Waals surface area contributed by atoms with E-state index in [-0.39, 0.29) is 0 Å². The van der Waals surface area contributed by atoms with Gasteiger partial charge < -0.3 is 9.80 Å². The lowest BCUT2D eigenvalue weighted by molar-refractivity contribution is 0.135. The minimum Gasteiger partial charge on any atom is -0.356 e. The van der Waals surface area contributed by atoms with Crippen molar-refractivity contribution in [1.82, 2.24) is 9.80 Å². The van der Waals surface area contributed by atoms with Crippen molar-refractivity contribution >= 4 is 0 Å². The molecule has 0 saturated carbocycles. The monoisotopic (exact) mass is 575 g/mol. The largest absolute Gasteiger partial charge is 0.356 e. The smallest absolute Gasteiger partial charge is 0.101 e. The average molecular weight is 575 g/mol. The van der Waals surface area contributed by atoms with Gasteiger partial charge in [-0.05, 0) is 25.7 Å². The van der Waals surface area contributed by atoms with Gasteiger partial charge in [-0.25, -0.2) is 0 Å². The Bertz CT molecular complexity index is 530. The molecule has 1 rings (SSSR count). The summed E-state index contributed by atoms with van der Waals surface area (Å²) in [5, 5.41) is 0. The van der Waals surface area contributed by atoms with Crippen LogP contribution in [0.2, 0.25) is 0 Å². The van der Waals surface area contributed by atoms with Crippen LogP contribution in [0.25, 0.3) is 0 Å². The summed E-state index contributed by atoms with van der Waals surface area (Å²) in [7, 11) is 0. The molecule has 0 aliphatic carbocycles. The minimum atomic E-state index is 0.640. The van der Waals surface area contributed by atoms with Gasteiger partial charge in [0.1, 0.15) is 6.17 Å². The zero-order chi connectivity index (χ0) is 29.5. The fourth-order valence-electron chi connectivity index (χ4n) is 6.72. The third-order valence-electron chi connectivity index (χ3n) is 9.57. The van der Waals surface area contributed by atoms with Gasteiger partial charge in [0.2, 0.25) is 0 Å². The Morgan fingerprint density at radius 2 is 0.561 bits per heavy atom. The Hall–Kier alpha value is -0.660. The first-order chi connectivity index (χ1) is 20.3. The van der Waals surface area contributed by atoms with Crippen LogP contribution in [0.15, 0.2) is 12.4 Å². The third kappa shape index (κ3) is 23.5. The summed E-state index contributed by atoms with van der Waals surface area (Å²) in [5.41, 5.74) is 0. The highest BCUT2D eigenvalue weighted by Gasteiger charge is 2.24. The molecular weight excluding hydrogens is 496 g/mol. The standard InChI is InChI=1S/C39H78N2/c1-4-7-10-13-16-18-20-22-24-26-28-31-34-39-40(35-32-29-15-12-9-6-3)37-38-41(39)36-33-30-27-25-23-21-19-17-14-11-8-5-2/h37-39H,4-36H2,1-3H3. The molecule has 1 unspecified atom stereocenters. The lowest BCUT2D eigenvalue weighted by atomic mass is 10.0. The molecule has 244 valence electrons. The summed E-state index contributed by atoms with van der Waals surface area (Å²) in [6, 6.07) is 0. The van der Waals surface area contributed by atoms with Crippen molar-refractivity contribution in [3.8, 4) is 0 Å². The first kappa shape index (κ1) is 38.4. The van der Waals surface area contributed by atoms with E-state index in [1.807, 2.05) is 0 Å². The Labute approximate surface area is 260 Å². The van der Waals surface area contributed by atoms with Gasteiger partial charge in [-0.15, -0.1) is 0 Å². The van der Waals surface area contributed by atoms with Crippen LogP contribution in [0.3, 0.4) is 0 Å². The molecule has 1 aliphatic rings. The van der Waals surface area contributed by atoms with Crippen molar-refractivity contribution in [3.63, 3.8) is 0 Å². The number of nitrogens with zero attached hydrogens (tertiary/aromatic N) is 2. The summed E-state index contributed by atoms with van der Waals surface area (Å²) in [6.45, 7) is 9.48. The maximum Gasteiger partial charge on any atom is 0.101 e. The maximum atomic E-state index is 2.71. The highest BCUT2D eigenvalue weighted by Crippen LogP contribution is 2.24. The summed E-state index contributed by atoms with van der Waals surface area (Å²) in [4.78, 5) is 5.42. The van der Waals surface area contributed by atoms with Crippen LogP contribution in [-0.2, 0) is 0 Å². The van der Waals surface area contributed by atoms with Crippen molar-refractivity contribution in [2.24, 2.45) is 0 Å². The molecule has 0 saturated heterocycles. The molecule has 1 heterocycles. The van der Waals surface area contributed by atoms with Crippen molar-refractivity contribution < 1.29 is 0 Å². The summed E-state index contributed by atoms with van der Waals surface area (Å²) in [5.74, 6) is 0. The Kier molecular flexibility index (Phi) is 28.8. The molecule has 0 bridgehead atoms. The first-order valence-electron chi connectivity index (χ1n) is 19.5. The lowest BCUT2D eigenvalue weighted by Crippen LogP contribution is -2.39. The van der Waals surface area contributed by atoms with Gasteiger partial charge in [0.05, 0.1) is 0 Å². The van der Waals surface area contributed by atoms with E-state index in [2.05, 4.69) is 43.0 Å². The van der Waals surface area contributed by atoms with Gasteiger partial charge in [0.15, 0.2) is 0 Å². The molecule has 0 amide bonds. The zero-order valence-corrected chi connectivity index (χ0v) is 29.0. The normalized spacial score (nSPS) is 15.0. The van der Waals surface area contributed by atoms with Crippen LogP contribution >= 0.6 is 0 Å². The van der Waals surface area contributed by atoms with Crippen LogP contribution in [-0.4, -0.2) is 29.1 Å². The van der Waals surface area contributed by atoms with E-state index in [0.717, 1.165) is 0 Å². The Balaban J connectivity index is 2.19. The molecule has 41 heavy (non-hydrogen) atoms. The second-order valence-corrected chi connectivity index (χ2v) is 13.6. The average Bonchev–Trinajstić information content (AvgIpc) is 3.37. The molecule has 0 spiro atoms. The van der Waals surface area contributed by atoms with Gasteiger partial charge in [-0.3, -0.25) is 0 Å². The number of hydrogen-bond donors (Lipinski definition) is 0. The van der Waals surface area contributed by atoms with Crippen molar-refractivity contribution in [1.29, 1.82) is 0 Å². The molecule has 1 atom stereocenters. The molecule has 0 radical (unpaired) electrons. The van der Waals surface area contributed by atoms with Crippen molar-refractivity contribution in [2.75, 3.05) is 13.1 Å². The van der Waals surface area contributed by atoms with E-state index in [4.69, 9.17) is 0 Å². The SMILES string of the molecule is CCCCCCCCCCCCCCC1N(CCCCCCCC)C=CN1CCCCCCCCCCCCCC. The van der Waals surface area contributed by atoms with Crippen molar-refractivity contribution in [2.45, 2.75) is 226 Å². The minimum absolute atomic E-state index is 0.640. The van der Waals surface area contributed by atoms with E-state index >= 15 is 0 Å². The van der Waals surface area contributed by atoms with Gasteiger partial charge >= 0.3 is 0 Å². The molecule has 0 aromatic rings. The Morgan fingerprint density at radius 1 is 0.317 bits per heavy atom.